The minimum absolute atomic E-state index is 0.534. The zero-order valence-electron chi connectivity index (χ0n) is 9.17. The van der Waals surface area contributed by atoms with E-state index in [1.807, 2.05) is 19.2 Å². The summed E-state index contributed by atoms with van der Waals surface area (Å²) in [5, 5.41) is 3.21. The normalized spacial score (nSPS) is 17.1. The van der Waals surface area contributed by atoms with Gasteiger partial charge in [0.25, 0.3) is 0 Å². The van der Waals surface area contributed by atoms with E-state index >= 15 is 0 Å². The smallest absolute Gasteiger partial charge is 0.00952 e. The molecule has 13 heavy (non-hydrogen) atoms. The van der Waals surface area contributed by atoms with Gasteiger partial charge in [-0.25, -0.2) is 0 Å². The predicted octanol–water partition coefficient (Wildman–Crippen LogP) is 3.12. The van der Waals surface area contributed by atoms with Crippen LogP contribution in [0.4, 0.5) is 0 Å². The Labute approximate surface area is 82.2 Å². The van der Waals surface area contributed by atoms with E-state index in [0.29, 0.717) is 11.8 Å². The van der Waals surface area contributed by atoms with Crippen molar-refractivity contribution in [3.05, 3.63) is 36.6 Å². The molecule has 0 saturated carbocycles. The lowest BCUT2D eigenvalue weighted by Crippen LogP contribution is -2.18. The molecule has 0 saturated heterocycles. The molecule has 0 aromatic carbocycles. The lowest BCUT2D eigenvalue weighted by Gasteiger charge is -2.19. The lowest BCUT2D eigenvalue weighted by atomic mass is 9.92. The Morgan fingerprint density at radius 2 is 2.00 bits per heavy atom. The Morgan fingerprint density at radius 3 is 2.38 bits per heavy atom. The molecule has 0 heterocycles. The van der Waals surface area contributed by atoms with E-state index in [-0.39, 0.29) is 0 Å². The quantitative estimate of drug-likeness (QED) is 0.639. The molecule has 0 radical (unpaired) electrons. The molecule has 0 bridgehead atoms. The van der Waals surface area contributed by atoms with Crippen molar-refractivity contribution in [1.82, 2.24) is 5.32 Å². The summed E-state index contributed by atoms with van der Waals surface area (Å²) in [6, 6.07) is 0. The predicted molar refractivity (Wildman–Crippen MR) is 60.5 cm³/mol. The fourth-order valence-corrected chi connectivity index (χ4v) is 1.34. The number of nitrogens with one attached hydrogen (secondary N) is 1. The number of hydrogen-bond donors (Lipinski definition) is 1. The monoisotopic (exact) mass is 179 g/mol. The molecule has 0 rings (SSSR count). The van der Waals surface area contributed by atoms with Gasteiger partial charge in [0, 0.05) is 18.7 Å². The number of allylic oxidation sites excluding steroid dienone is 5. The van der Waals surface area contributed by atoms with Crippen LogP contribution in [0.25, 0.3) is 0 Å². The Hall–Kier alpha value is -0.980. The maximum atomic E-state index is 3.66. The molecule has 0 aliphatic rings. The molecule has 0 aromatic heterocycles. The zero-order valence-corrected chi connectivity index (χ0v) is 9.17. The van der Waals surface area contributed by atoms with Gasteiger partial charge in [0.1, 0.15) is 0 Å². The summed E-state index contributed by atoms with van der Waals surface area (Å²) in [4.78, 5) is 0. The molecule has 0 spiro atoms. The molecule has 0 aliphatic heterocycles. The van der Waals surface area contributed by atoms with Gasteiger partial charge in [-0.3, -0.25) is 0 Å². The summed E-state index contributed by atoms with van der Waals surface area (Å²) in [5.74, 6) is 1.07. The topological polar surface area (TPSA) is 12.0 Å². The molecule has 1 unspecified atom stereocenters. The highest BCUT2D eigenvalue weighted by molar-refractivity contribution is 5.08. The molecular formula is C12H21N. The highest BCUT2D eigenvalue weighted by atomic mass is 14.8. The fourth-order valence-electron chi connectivity index (χ4n) is 1.34. The van der Waals surface area contributed by atoms with Gasteiger partial charge in [-0.15, -0.1) is 0 Å². The molecular weight excluding hydrogens is 158 g/mol. The highest BCUT2D eigenvalue weighted by Gasteiger charge is 2.11. The molecule has 1 nitrogen and oxygen atoms in total. The van der Waals surface area contributed by atoms with Crippen LogP contribution in [0.5, 0.6) is 0 Å². The first-order valence-corrected chi connectivity index (χ1v) is 4.80. The van der Waals surface area contributed by atoms with Gasteiger partial charge < -0.3 is 5.32 Å². The van der Waals surface area contributed by atoms with Crippen molar-refractivity contribution in [3.8, 4) is 0 Å². The van der Waals surface area contributed by atoms with Crippen LogP contribution in [0.15, 0.2) is 36.6 Å². The second kappa shape index (κ2) is 6.53. The van der Waals surface area contributed by atoms with Crippen LogP contribution in [0.1, 0.15) is 20.8 Å². The maximum absolute atomic E-state index is 3.66. The summed E-state index contributed by atoms with van der Waals surface area (Å²) in [7, 11) is 1.97. The Bertz CT molecular complexity index is 201. The van der Waals surface area contributed by atoms with Gasteiger partial charge in [-0.2, -0.15) is 0 Å². The number of rotatable bonds is 5. The van der Waals surface area contributed by atoms with Crippen LogP contribution >= 0.6 is 0 Å². The zero-order chi connectivity index (χ0) is 10.3. The summed E-state index contributed by atoms with van der Waals surface area (Å²) < 4.78 is 0. The molecule has 0 aromatic rings. The van der Waals surface area contributed by atoms with Gasteiger partial charge in [-0.05, 0) is 12.8 Å². The summed E-state index contributed by atoms with van der Waals surface area (Å²) >= 11 is 0. The van der Waals surface area contributed by atoms with Gasteiger partial charge in [0.05, 0.1) is 0 Å². The second-order valence-electron chi connectivity index (χ2n) is 3.26. The lowest BCUT2D eigenvalue weighted by molar-refractivity contribution is 0.504. The van der Waals surface area contributed by atoms with Crippen LogP contribution in [-0.2, 0) is 0 Å². The Kier molecular flexibility index (Phi) is 6.03. The van der Waals surface area contributed by atoms with Crippen LogP contribution in [0.2, 0.25) is 0 Å². The summed E-state index contributed by atoms with van der Waals surface area (Å²) in [6.07, 6.45) is 8.13. The molecule has 0 fully saturated rings. The number of hydrogen-bond acceptors (Lipinski definition) is 1. The minimum atomic E-state index is 0.534. The van der Waals surface area contributed by atoms with Crippen molar-refractivity contribution in [3.63, 3.8) is 0 Å². The van der Waals surface area contributed by atoms with Gasteiger partial charge in [0.2, 0.25) is 0 Å². The third kappa shape index (κ3) is 3.97. The molecule has 74 valence electrons. The fraction of sp³-hybridized carbons (Fsp3) is 0.500. The molecule has 2 atom stereocenters. The standard InChI is InChI=1S/C12H21N/c1-6-8-9-10(3)11(4)12(7-2)13-5/h6-11,13H,1H2,2-5H3/b9-8-,12-7-/t10?,11-/m0/s1. The van der Waals surface area contributed by atoms with E-state index < -0.39 is 0 Å². The van der Waals surface area contributed by atoms with Gasteiger partial charge >= 0.3 is 0 Å². The third-order valence-corrected chi connectivity index (χ3v) is 2.43. The first kappa shape index (κ1) is 12.0. The Balaban J connectivity index is 4.31. The van der Waals surface area contributed by atoms with Crippen LogP contribution in [-0.4, -0.2) is 7.05 Å². The molecule has 0 aliphatic carbocycles. The van der Waals surface area contributed by atoms with Crippen molar-refractivity contribution in [1.29, 1.82) is 0 Å². The first-order valence-electron chi connectivity index (χ1n) is 4.80. The van der Waals surface area contributed by atoms with Crippen molar-refractivity contribution in [2.75, 3.05) is 7.05 Å². The average molecular weight is 179 g/mol. The van der Waals surface area contributed by atoms with E-state index in [9.17, 15) is 0 Å². The first-order chi connectivity index (χ1) is 6.17. The van der Waals surface area contributed by atoms with Crippen LogP contribution in [0.3, 0.4) is 0 Å². The minimum Gasteiger partial charge on any atom is -0.391 e. The molecule has 0 amide bonds. The Morgan fingerprint density at radius 1 is 1.38 bits per heavy atom. The summed E-state index contributed by atoms with van der Waals surface area (Å²) in [6.45, 7) is 10.2. The van der Waals surface area contributed by atoms with E-state index in [1.54, 1.807) is 0 Å². The van der Waals surface area contributed by atoms with Crippen molar-refractivity contribution in [2.24, 2.45) is 11.8 Å². The van der Waals surface area contributed by atoms with Crippen molar-refractivity contribution >= 4 is 0 Å². The van der Waals surface area contributed by atoms with E-state index in [0.717, 1.165) is 0 Å². The SMILES string of the molecule is C=C/C=C\C(C)[C@H](C)/C(=C/C)NC. The van der Waals surface area contributed by atoms with Crippen molar-refractivity contribution < 1.29 is 0 Å². The van der Waals surface area contributed by atoms with Gasteiger partial charge in [-0.1, -0.05) is 44.7 Å². The van der Waals surface area contributed by atoms with Gasteiger partial charge in [0.15, 0.2) is 0 Å². The van der Waals surface area contributed by atoms with E-state index in [1.165, 1.54) is 5.70 Å². The van der Waals surface area contributed by atoms with Crippen LogP contribution in [0, 0.1) is 11.8 Å². The van der Waals surface area contributed by atoms with E-state index in [4.69, 9.17) is 0 Å². The van der Waals surface area contributed by atoms with E-state index in [2.05, 4.69) is 44.8 Å². The highest BCUT2D eigenvalue weighted by Crippen LogP contribution is 2.19. The summed E-state index contributed by atoms with van der Waals surface area (Å²) in [5.41, 5.74) is 1.29. The molecule has 1 heteroatoms. The average Bonchev–Trinajstić information content (AvgIpc) is 2.15. The second-order valence-corrected chi connectivity index (χ2v) is 3.26. The molecule has 1 N–H and O–H groups in total. The largest absolute Gasteiger partial charge is 0.391 e. The van der Waals surface area contributed by atoms with Crippen molar-refractivity contribution in [2.45, 2.75) is 20.8 Å². The maximum Gasteiger partial charge on any atom is 0.00952 e. The third-order valence-electron chi connectivity index (χ3n) is 2.43. The van der Waals surface area contributed by atoms with Crippen LogP contribution < -0.4 is 5.32 Å².